The van der Waals surface area contributed by atoms with Gasteiger partial charge >= 0.3 is 0 Å². The number of nitrogens with one attached hydrogen (secondary N) is 1. The van der Waals surface area contributed by atoms with Crippen LogP contribution in [0, 0.1) is 0 Å². The molecule has 0 spiro atoms. The number of thioether (sulfide) groups is 1. The number of anilines is 1. The molecule has 8 heteroatoms. The summed E-state index contributed by atoms with van der Waals surface area (Å²) in [5, 5.41) is 13.2. The number of hydrogen-bond donors (Lipinski definition) is 1. The number of benzene rings is 2. The van der Waals surface area contributed by atoms with E-state index in [1.165, 1.54) is 24.6 Å². The van der Waals surface area contributed by atoms with Crippen molar-refractivity contribution >= 4 is 46.6 Å². The molecule has 154 valence electrons. The Labute approximate surface area is 189 Å². The molecule has 0 aliphatic heterocycles. The van der Waals surface area contributed by atoms with Gasteiger partial charge in [0.1, 0.15) is 11.1 Å². The topological polar surface area (TPSA) is 59.8 Å². The molecule has 5 nitrogen and oxygen atoms in total. The van der Waals surface area contributed by atoms with Gasteiger partial charge in [0.15, 0.2) is 5.16 Å². The van der Waals surface area contributed by atoms with E-state index in [4.69, 9.17) is 23.2 Å². The lowest BCUT2D eigenvalue weighted by atomic mass is 10.1. The van der Waals surface area contributed by atoms with Crippen molar-refractivity contribution in [2.45, 2.75) is 48.0 Å². The van der Waals surface area contributed by atoms with E-state index in [9.17, 15) is 4.79 Å². The monoisotopic (exact) mass is 458 g/mol. The van der Waals surface area contributed by atoms with Gasteiger partial charge in [0.05, 0.1) is 0 Å². The van der Waals surface area contributed by atoms with Gasteiger partial charge in [-0.05, 0) is 49.4 Å². The highest BCUT2D eigenvalue weighted by Crippen LogP contribution is 2.47. The summed E-state index contributed by atoms with van der Waals surface area (Å²) in [4.78, 5) is 13.3. The van der Waals surface area contributed by atoms with Gasteiger partial charge in [0.25, 0.3) is 0 Å². The van der Waals surface area contributed by atoms with Crippen LogP contribution in [0.15, 0.2) is 53.7 Å². The normalized spacial score (nSPS) is 17.0. The average molecular weight is 459 g/mol. The van der Waals surface area contributed by atoms with E-state index >= 15 is 0 Å². The van der Waals surface area contributed by atoms with Crippen molar-refractivity contribution in [1.82, 2.24) is 14.8 Å². The number of halogens is 2. The second-order valence-electron chi connectivity index (χ2n) is 7.77. The van der Waals surface area contributed by atoms with Crippen LogP contribution in [-0.2, 0) is 4.79 Å². The van der Waals surface area contributed by atoms with Crippen molar-refractivity contribution in [3.8, 4) is 0 Å². The third-order valence-corrected chi connectivity index (χ3v) is 6.89. The predicted octanol–water partition coefficient (Wildman–Crippen LogP) is 6.27. The van der Waals surface area contributed by atoms with Crippen LogP contribution in [0.4, 0.5) is 5.69 Å². The summed E-state index contributed by atoms with van der Waals surface area (Å²) < 4.78 is 2.27. The molecule has 1 amide bonds. The smallest absolute Gasteiger partial charge is 0.242 e. The fourth-order valence-corrected chi connectivity index (χ4v) is 5.14. The largest absolute Gasteiger partial charge is 0.325 e. The lowest BCUT2D eigenvalue weighted by molar-refractivity contribution is -0.115. The van der Waals surface area contributed by atoms with Crippen LogP contribution in [0.25, 0.3) is 0 Å². The fourth-order valence-electron chi connectivity index (χ4n) is 3.50. The van der Waals surface area contributed by atoms with E-state index in [1.54, 1.807) is 18.2 Å². The number of amides is 1. The van der Waals surface area contributed by atoms with Gasteiger partial charge in [-0.1, -0.05) is 65.3 Å². The fraction of sp³-hybridized carbons (Fsp3) is 0.318. The maximum atomic E-state index is 13.3. The summed E-state index contributed by atoms with van der Waals surface area (Å²) in [5.74, 6) is 1.45. The van der Waals surface area contributed by atoms with E-state index in [2.05, 4.69) is 20.1 Å². The minimum absolute atomic E-state index is 0.150. The van der Waals surface area contributed by atoms with Crippen molar-refractivity contribution in [3.05, 3.63) is 70.0 Å². The zero-order valence-corrected chi connectivity index (χ0v) is 18.4. The van der Waals surface area contributed by atoms with Crippen LogP contribution in [0.3, 0.4) is 0 Å². The molecule has 2 aliphatic carbocycles. The Hall–Kier alpha value is -2.02. The number of hydrogen-bond acceptors (Lipinski definition) is 4. The van der Waals surface area contributed by atoms with Crippen molar-refractivity contribution in [2.24, 2.45) is 0 Å². The van der Waals surface area contributed by atoms with Crippen molar-refractivity contribution < 1.29 is 4.79 Å². The van der Waals surface area contributed by atoms with Crippen LogP contribution in [0.5, 0.6) is 0 Å². The van der Waals surface area contributed by atoms with Crippen LogP contribution in [0.2, 0.25) is 10.0 Å². The Morgan fingerprint density at radius 1 is 1.03 bits per heavy atom. The standard InChI is InChI=1S/C22H20Cl2N4OS/c23-15-10-16(24)12-17(11-15)25-21(29)19(13-4-2-1-3-5-13)30-22-27-26-20(14-6-7-14)28(22)18-8-9-18/h1-5,10-12,14,18-19H,6-9H2,(H,25,29). The van der Waals surface area contributed by atoms with Gasteiger partial charge in [-0.3, -0.25) is 4.79 Å². The van der Waals surface area contributed by atoms with Gasteiger partial charge in [0.2, 0.25) is 5.91 Å². The average Bonchev–Trinajstić information content (AvgIpc) is 3.64. The van der Waals surface area contributed by atoms with Gasteiger partial charge in [-0.2, -0.15) is 0 Å². The molecule has 0 bridgehead atoms. The van der Waals surface area contributed by atoms with Crippen molar-refractivity contribution in [3.63, 3.8) is 0 Å². The highest BCUT2D eigenvalue weighted by molar-refractivity contribution is 8.00. The van der Waals surface area contributed by atoms with Crippen LogP contribution < -0.4 is 5.32 Å². The zero-order chi connectivity index (χ0) is 20.7. The van der Waals surface area contributed by atoms with E-state index in [1.807, 2.05) is 30.3 Å². The summed E-state index contributed by atoms with van der Waals surface area (Å²) in [7, 11) is 0. The summed E-state index contributed by atoms with van der Waals surface area (Å²) in [6, 6.07) is 15.2. The quantitative estimate of drug-likeness (QED) is 0.423. The number of carbonyl (C=O) groups is 1. The van der Waals surface area contributed by atoms with Crippen LogP contribution >= 0.6 is 35.0 Å². The predicted molar refractivity (Wildman–Crippen MR) is 120 cm³/mol. The molecular formula is C22H20Cl2N4OS. The second kappa shape index (κ2) is 8.25. The third-order valence-electron chi connectivity index (χ3n) is 5.24. The molecular weight excluding hydrogens is 439 g/mol. The number of rotatable bonds is 7. The van der Waals surface area contributed by atoms with E-state index in [-0.39, 0.29) is 5.91 Å². The molecule has 1 heterocycles. The number of carbonyl (C=O) groups excluding carboxylic acids is 1. The molecule has 1 unspecified atom stereocenters. The van der Waals surface area contributed by atoms with E-state index < -0.39 is 5.25 Å². The minimum atomic E-state index is -0.474. The molecule has 0 radical (unpaired) electrons. The van der Waals surface area contributed by atoms with Gasteiger partial charge in [0, 0.05) is 27.7 Å². The molecule has 1 N–H and O–H groups in total. The Morgan fingerprint density at radius 3 is 2.37 bits per heavy atom. The summed E-state index contributed by atoms with van der Waals surface area (Å²) in [6.07, 6.45) is 4.64. The lowest BCUT2D eigenvalue weighted by Gasteiger charge is -2.18. The number of aromatic nitrogens is 3. The van der Waals surface area contributed by atoms with Crippen LogP contribution in [0.1, 0.15) is 54.3 Å². The SMILES string of the molecule is O=C(Nc1cc(Cl)cc(Cl)c1)C(Sc1nnc(C2CC2)n1C1CC1)c1ccccc1. The Balaban J connectivity index is 1.45. The molecule has 5 rings (SSSR count). The number of nitrogens with zero attached hydrogens (tertiary/aromatic N) is 3. The molecule has 30 heavy (non-hydrogen) atoms. The molecule has 1 aromatic heterocycles. The van der Waals surface area contributed by atoms with E-state index in [0.717, 1.165) is 29.4 Å². The van der Waals surface area contributed by atoms with Gasteiger partial charge in [-0.25, -0.2) is 0 Å². The maximum absolute atomic E-state index is 13.3. The Kier molecular flexibility index (Phi) is 5.48. The first-order valence-electron chi connectivity index (χ1n) is 10.0. The second-order valence-corrected chi connectivity index (χ2v) is 9.72. The maximum Gasteiger partial charge on any atom is 0.242 e. The first-order valence-corrected chi connectivity index (χ1v) is 11.7. The molecule has 3 aromatic rings. The summed E-state index contributed by atoms with van der Waals surface area (Å²) in [5.41, 5.74) is 1.48. The molecule has 1 atom stereocenters. The Bertz CT molecular complexity index is 1060. The highest BCUT2D eigenvalue weighted by atomic mass is 35.5. The van der Waals surface area contributed by atoms with Crippen molar-refractivity contribution in [1.29, 1.82) is 0 Å². The highest BCUT2D eigenvalue weighted by Gasteiger charge is 2.37. The molecule has 2 fully saturated rings. The molecule has 2 aliphatic rings. The summed E-state index contributed by atoms with van der Waals surface area (Å²) in [6.45, 7) is 0. The lowest BCUT2D eigenvalue weighted by Crippen LogP contribution is -2.19. The van der Waals surface area contributed by atoms with Gasteiger partial charge < -0.3 is 9.88 Å². The minimum Gasteiger partial charge on any atom is -0.325 e. The van der Waals surface area contributed by atoms with E-state index in [0.29, 0.717) is 27.7 Å². The first kappa shape index (κ1) is 19.9. The van der Waals surface area contributed by atoms with Crippen LogP contribution in [-0.4, -0.2) is 20.7 Å². The zero-order valence-electron chi connectivity index (χ0n) is 16.1. The summed E-state index contributed by atoms with van der Waals surface area (Å²) >= 11 is 13.6. The first-order chi connectivity index (χ1) is 14.6. The third kappa shape index (κ3) is 4.36. The molecule has 2 aromatic carbocycles. The molecule has 0 saturated heterocycles. The van der Waals surface area contributed by atoms with Gasteiger partial charge in [-0.15, -0.1) is 10.2 Å². The molecule has 2 saturated carbocycles. The Morgan fingerprint density at radius 2 is 1.73 bits per heavy atom. The van der Waals surface area contributed by atoms with Crippen molar-refractivity contribution in [2.75, 3.05) is 5.32 Å².